The number of carbonyl (C=O) groups excluding carboxylic acids is 1. The molecule has 0 bridgehead atoms. The number of thiocarbonyl (C=S) groups is 1. The van der Waals surface area contributed by atoms with E-state index >= 15 is 0 Å². The predicted octanol–water partition coefficient (Wildman–Crippen LogP) is 2.43. The van der Waals surface area contributed by atoms with Crippen LogP contribution in [0.3, 0.4) is 0 Å². The number of phenolic OH excluding ortho intramolecular Hbond substituents is 1. The zero-order valence-corrected chi connectivity index (χ0v) is 12.0. The van der Waals surface area contributed by atoms with Gasteiger partial charge in [-0.15, -0.1) is 0 Å². The van der Waals surface area contributed by atoms with Crippen LogP contribution in [-0.4, -0.2) is 21.0 Å². The van der Waals surface area contributed by atoms with Gasteiger partial charge >= 0.3 is 0 Å². The minimum Gasteiger partial charge on any atom is -0.506 e. The molecule has 0 atom stereocenters. The quantitative estimate of drug-likeness (QED) is 0.347. The minimum absolute atomic E-state index is 0.0348. The lowest BCUT2D eigenvalue weighted by Crippen LogP contribution is -2.34. The average molecular weight is 317 g/mol. The first-order chi connectivity index (χ1) is 10.5. The molecule has 0 saturated heterocycles. The van der Waals surface area contributed by atoms with E-state index in [1.807, 2.05) is 0 Å². The molecule has 0 aliphatic carbocycles. The number of amides is 1. The molecule has 0 unspecified atom stereocenters. The van der Waals surface area contributed by atoms with E-state index in [-0.39, 0.29) is 22.2 Å². The Balaban J connectivity index is 2.08. The molecule has 22 heavy (non-hydrogen) atoms. The summed E-state index contributed by atoms with van der Waals surface area (Å²) in [4.78, 5) is 22.0. The number of rotatable bonds is 3. The van der Waals surface area contributed by atoms with Crippen LogP contribution in [0.1, 0.15) is 10.4 Å². The highest BCUT2D eigenvalue weighted by atomic mass is 32.1. The van der Waals surface area contributed by atoms with Gasteiger partial charge in [-0.25, -0.2) is 0 Å². The van der Waals surface area contributed by atoms with Gasteiger partial charge in [-0.05, 0) is 30.4 Å². The summed E-state index contributed by atoms with van der Waals surface area (Å²) in [5, 5.41) is 25.3. The van der Waals surface area contributed by atoms with Crippen LogP contribution in [0, 0.1) is 10.1 Å². The molecule has 112 valence electrons. The Morgan fingerprint density at radius 2 is 1.86 bits per heavy atom. The number of nitro groups is 1. The van der Waals surface area contributed by atoms with Crippen LogP contribution in [-0.2, 0) is 0 Å². The number of nitrogens with zero attached hydrogens (tertiary/aromatic N) is 1. The van der Waals surface area contributed by atoms with Gasteiger partial charge in [-0.2, -0.15) is 0 Å². The van der Waals surface area contributed by atoms with Gasteiger partial charge in [0.15, 0.2) is 5.11 Å². The summed E-state index contributed by atoms with van der Waals surface area (Å²) in [6, 6.07) is 11.9. The first-order valence-corrected chi connectivity index (χ1v) is 6.53. The summed E-state index contributed by atoms with van der Waals surface area (Å²) in [5.41, 5.74) is 0.236. The fraction of sp³-hybridized carbons (Fsp3) is 0. The van der Waals surface area contributed by atoms with Gasteiger partial charge in [0.05, 0.1) is 10.6 Å². The van der Waals surface area contributed by atoms with Crippen LogP contribution in [0.25, 0.3) is 0 Å². The highest BCUT2D eigenvalue weighted by Crippen LogP contribution is 2.27. The number of hydrogen-bond acceptors (Lipinski definition) is 5. The van der Waals surface area contributed by atoms with Crippen molar-refractivity contribution in [3.8, 4) is 5.75 Å². The van der Waals surface area contributed by atoms with E-state index in [1.165, 1.54) is 6.07 Å². The number of hydrogen-bond donors (Lipinski definition) is 3. The first kappa shape index (κ1) is 15.4. The van der Waals surface area contributed by atoms with Crippen LogP contribution in [0.5, 0.6) is 5.75 Å². The summed E-state index contributed by atoms with van der Waals surface area (Å²) in [6.07, 6.45) is 0. The second-order valence-electron chi connectivity index (χ2n) is 4.23. The smallest absolute Gasteiger partial charge is 0.271 e. The van der Waals surface area contributed by atoms with Crippen molar-refractivity contribution in [2.24, 2.45) is 0 Å². The van der Waals surface area contributed by atoms with E-state index in [1.54, 1.807) is 30.3 Å². The maximum atomic E-state index is 11.9. The lowest BCUT2D eigenvalue weighted by Gasteiger charge is -2.10. The summed E-state index contributed by atoms with van der Waals surface area (Å²) >= 11 is 4.96. The Morgan fingerprint density at radius 1 is 1.18 bits per heavy atom. The van der Waals surface area contributed by atoms with Crippen molar-refractivity contribution in [3.63, 3.8) is 0 Å². The Kier molecular flexibility index (Phi) is 4.64. The number of nitrogens with one attached hydrogen (secondary N) is 2. The molecule has 0 aliphatic heterocycles. The number of benzene rings is 2. The van der Waals surface area contributed by atoms with Crippen molar-refractivity contribution in [3.05, 3.63) is 64.2 Å². The molecule has 0 heterocycles. The molecule has 2 aromatic carbocycles. The van der Waals surface area contributed by atoms with Crippen LogP contribution in [0.2, 0.25) is 0 Å². The molecular weight excluding hydrogens is 306 g/mol. The van der Waals surface area contributed by atoms with E-state index in [9.17, 15) is 20.0 Å². The van der Waals surface area contributed by atoms with E-state index in [4.69, 9.17) is 12.2 Å². The maximum absolute atomic E-state index is 11.9. The number of anilines is 1. The summed E-state index contributed by atoms with van der Waals surface area (Å²) in [6.45, 7) is 0. The molecule has 0 aliphatic rings. The van der Waals surface area contributed by atoms with E-state index in [2.05, 4.69) is 10.6 Å². The van der Waals surface area contributed by atoms with E-state index < -0.39 is 10.8 Å². The zero-order valence-electron chi connectivity index (χ0n) is 11.1. The number of carbonyl (C=O) groups is 1. The molecule has 3 N–H and O–H groups in total. The number of nitro benzene ring substituents is 1. The van der Waals surface area contributed by atoms with Crippen LogP contribution in [0.4, 0.5) is 11.4 Å². The van der Waals surface area contributed by atoms with Crippen LogP contribution in [0.15, 0.2) is 48.5 Å². The Labute approximate surface area is 130 Å². The molecular formula is C14H11N3O4S. The third-order valence-corrected chi connectivity index (χ3v) is 2.91. The summed E-state index contributed by atoms with van der Waals surface area (Å²) in [7, 11) is 0. The Morgan fingerprint density at radius 3 is 2.50 bits per heavy atom. The number of aromatic hydroxyl groups is 1. The fourth-order valence-electron chi connectivity index (χ4n) is 1.66. The Hall–Kier alpha value is -3.00. The molecule has 1 amide bonds. The van der Waals surface area contributed by atoms with Crippen molar-refractivity contribution in [1.82, 2.24) is 5.32 Å². The fourth-order valence-corrected chi connectivity index (χ4v) is 1.86. The molecule has 7 nitrogen and oxygen atoms in total. The molecule has 2 aromatic rings. The molecule has 2 rings (SSSR count). The molecule has 0 radical (unpaired) electrons. The SMILES string of the molecule is O=C(NC(=S)Nc1cc([N+](=O)[O-])ccc1O)c1ccccc1. The van der Waals surface area contributed by atoms with Crippen molar-refractivity contribution in [2.45, 2.75) is 0 Å². The van der Waals surface area contributed by atoms with E-state index in [0.717, 1.165) is 12.1 Å². The number of non-ortho nitro benzene ring substituents is 1. The molecule has 0 spiro atoms. The van der Waals surface area contributed by atoms with Gasteiger partial charge in [0.25, 0.3) is 11.6 Å². The van der Waals surface area contributed by atoms with Gasteiger partial charge in [0.1, 0.15) is 5.75 Å². The van der Waals surface area contributed by atoms with Gasteiger partial charge in [0, 0.05) is 17.7 Å². The normalized spacial score (nSPS) is 9.82. The van der Waals surface area contributed by atoms with Gasteiger partial charge in [-0.3, -0.25) is 20.2 Å². The van der Waals surface area contributed by atoms with Crippen molar-refractivity contribution < 1.29 is 14.8 Å². The monoisotopic (exact) mass is 317 g/mol. The lowest BCUT2D eigenvalue weighted by molar-refractivity contribution is -0.384. The first-order valence-electron chi connectivity index (χ1n) is 6.12. The van der Waals surface area contributed by atoms with E-state index in [0.29, 0.717) is 5.56 Å². The van der Waals surface area contributed by atoms with Crippen molar-refractivity contribution >= 4 is 34.6 Å². The minimum atomic E-state index is -0.601. The second kappa shape index (κ2) is 6.64. The van der Waals surface area contributed by atoms with Crippen LogP contribution >= 0.6 is 12.2 Å². The summed E-state index contributed by atoms with van der Waals surface area (Å²) < 4.78 is 0. The molecule has 0 saturated carbocycles. The van der Waals surface area contributed by atoms with Gasteiger partial charge in [0.2, 0.25) is 0 Å². The van der Waals surface area contributed by atoms with Gasteiger partial charge < -0.3 is 10.4 Å². The second-order valence-corrected chi connectivity index (χ2v) is 4.64. The third kappa shape index (κ3) is 3.76. The summed E-state index contributed by atoms with van der Waals surface area (Å²) in [5.74, 6) is -0.648. The Bertz CT molecular complexity index is 734. The third-order valence-electron chi connectivity index (χ3n) is 2.70. The zero-order chi connectivity index (χ0) is 16.1. The predicted molar refractivity (Wildman–Crippen MR) is 84.9 cm³/mol. The number of phenols is 1. The van der Waals surface area contributed by atoms with Gasteiger partial charge in [-0.1, -0.05) is 18.2 Å². The van der Waals surface area contributed by atoms with Crippen molar-refractivity contribution in [1.29, 1.82) is 0 Å². The topological polar surface area (TPSA) is 104 Å². The highest BCUT2D eigenvalue weighted by molar-refractivity contribution is 7.80. The largest absolute Gasteiger partial charge is 0.506 e. The average Bonchev–Trinajstić information content (AvgIpc) is 2.50. The highest BCUT2D eigenvalue weighted by Gasteiger charge is 2.13. The van der Waals surface area contributed by atoms with Crippen molar-refractivity contribution in [2.75, 3.05) is 5.32 Å². The molecule has 8 heteroatoms. The molecule has 0 aromatic heterocycles. The molecule has 0 fully saturated rings. The standard InChI is InChI=1S/C14H11N3O4S/c18-12-7-6-10(17(20)21)8-11(12)15-14(22)16-13(19)9-4-2-1-3-5-9/h1-8,18H,(H2,15,16,19,22). The maximum Gasteiger partial charge on any atom is 0.271 e. The van der Waals surface area contributed by atoms with Crippen LogP contribution < -0.4 is 10.6 Å². The lowest BCUT2D eigenvalue weighted by atomic mass is 10.2.